The highest BCUT2D eigenvalue weighted by molar-refractivity contribution is 8.00. The Balaban J connectivity index is 1.79. The van der Waals surface area contributed by atoms with Crippen LogP contribution in [-0.2, 0) is 9.53 Å². The zero-order chi connectivity index (χ0) is 13.5. The number of methoxy groups -OCH3 is 1. The van der Waals surface area contributed by atoms with Crippen molar-refractivity contribution in [2.45, 2.75) is 17.7 Å². The van der Waals surface area contributed by atoms with Crippen LogP contribution in [0.5, 0.6) is 0 Å². The first-order chi connectivity index (χ1) is 9.29. The van der Waals surface area contributed by atoms with Crippen molar-refractivity contribution in [2.24, 2.45) is 5.92 Å². The zero-order valence-corrected chi connectivity index (χ0v) is 12.1. The van der Waals surface area contributed by atoms with Crippen molar-refractivity contribution in [3.05, 3.63) is 24.5 Å². The van der Waals surface area contributed by atoms with E-state index in [0.717, 1.165) is 37.4 Å². The lowest BCUT2D eigenvalue weighted by Gasteiger charge is -2.32. The van der Waals surface area contributed by atoms with Gasteiger partial charge in [0.15, 0.2) is 0 Å². The van der Waals surface area contributed by atoms with Gasteiger partial charge in [-0.25, -0.2) is 0 Å². The number of carbonyl (C=O) groups excluding carboxylic acids is 1. The third-order valence-corrected chi connectivity index (χ3v) is 4.28. The second kappa shape index (κ2) is 7.50. The number of aromatic nitrogens is 1. The standard InChI is InChI=1S/C14H20N2O2S/c1-18-10-12-3-2-8-16(9-12)14(17)11-19-13-4-6-15-7-5-13/h4-7,12H,2-3,8-11H2,1H3/t12-/m0/s1. The Bertz CT molecular complexity index is 398. The van der Waals surface area contributed by atoms with Gasteiger partial charge >= 0.3 is 0 Å². The fourth-order valence-corrected chi connectivity index (χ4v) is 3.12. The molecular weight excluding hydrogens is 260 g/mol. The van der Waals surface area contributed by atoms with Crippen LogP contribution >= 0.6 is 11.8 Å². The summed E-state index contributed by atoms with van der Waals surface area (Å²) in [6, 6.07) is 3.86. The van der Waals surface area contributed by atoms with Gasteiger partial charge in [0.1, 0.15) is 0 Å². The minimum atomic E-state index is 0.225. The molecule has 2 heterocycles. The topological polar surface area (TPSA) is 42.4 Å². The maximum absolute atomic E-state index is 12.2. The Morgan fingerprint density at radius 1 is 1.53 bits per heavy atom. The van der Waals surface area contributed by atoms with E-state index < -0.39 is 0 Å². The van der Waals surface area contributed by atoms with Crippen LogP contribution in [0.1, 0.15) is 12.8 Å². The van der Waals surface area contributed by atoms with Crippen LogP contribution in [0.4, 0.5) is 0 Å². The Morgan fingerprint density at radius 3 is 3.05 bits per heavy atom. The molecule has 5 heteroatoms. The summed E-state index contributed by atoms with van der Waals surface area (Å²) in [7, 11) is 1.72. The fraction of sp³-hybridized carbons (Fsp3) is 0.571. The molecule has 4 nitrogen and oxygen atoms in total. The normalized spacial score (nSPS) is 19.4. The average molecular weight is 280 g/mol. The van der Waals surface area contributed by atoms with E-state index in [1.807, 2.05) is 17.0 Å². The number of rotatable bonds is 5. The van der Waals surface area contributed by atoms with E-state index in [1.54, 1.807) is 31.3 Å². The number of amides is 1. The first kappa shape index (κ1) is 14.3. The highest BCUT2D eigenvalue weighted by Gasteiger charge is 2.23. The van der Waals surface area contributed by atoms with E-state index in [4.69, 9.17) is 4.74 Å². The Labute approximate surface area is 118 Å². The second-order valence-electron chi connectivity index (χ2n) is 4.77. The summed E-state index contributed by atoms with van der Waals surface area (Å²) in [6.45, 7) is 2.47. The molecule has 1 atom stereocenters. The van der Waals surface area contributed by atoms with Crippen LogP contribution in [0.15, 0.2) is 29.4 Å². The van der Waals surface area contributed by atoms with Crippen LogP contribution in [0.3, 0.4) is 0 Å². The van der Waals surface area contributed by atoms with Crippen LogP contribution in [0.2, 0.25) is 0 Å². The smallest absolute Gasteiger partial charge is 0.232 e. The van der Waals surface area contributed by atoms with Crippen LogP contribution in [-0.4, -0.2) is 48.4 Å². The van der Waals surface area contributed by atoms with Crippen LogP contribution in [0, 0.1) is 5.92 Å². The van der Waals surface area contributed by atoms with Gasteiger partial charge in [0.05, 0.1) is 12.4 Å². The zero-order valence-electron chi connectivity index (χ0n) is 11.2. The molecule has 1 aromatic rings. The van der Waals surface area contributed by atoms with Gasteiger partial charge in [-0.3, -0.25) is 9.78 Å². The lowest BCUT2D eigenvalue weighted by atomic mass is 9.99. The van der Waals surface area contributed by atoms with E-state index in [9.17, 15) is 4.79 Å². The van der Waals surface area contributed by atoms with Crippen molar-refractivity contribution < 1.29 is 9.53 Å². The molecule has 104 valence electrons. The third-order valence-electron chi connectivity index (χ3n) is 3.29. The highest BCUT2D eigenvalue weighted by Crippen LogP contribution is 2.20. The third kappa shape index (κ3) is 4.51. The highest BCUT2D eigenvalue weighted by atomic mass is 32.2. The summed E-state index contributed by atoms with van der Waals surface area (Å²) in [4.78, 5) is 19.2. The van der Waals surface area contributed by atoms with Gasteiger partial charge in [0.25, 0.3) is 0 Å². The number of thioether (sulfide) groups is 1. The summed E-state index contributed by atoms with van der Waals surface area (Å²) >= 11 is 1.57. The molecule has 1 fully saturated rings. The predicted octanol–water partition coefficient (Wildman–Crippen LogP) is 2.06. The Hall–Kier alpha value is -1.07. The first-order valence-corrected chi connectivity index (χ1v) is 7.57. The molecule has 0 aromatic carbocycles. The number of pyridine rings is 1. The van der Waals surface area contributed by atoms with E-state index in [-0.39, 0.29) is 5.91 Å². The monoisotopic (exact) mass is 280 g/mol. The summed E-state index contributed by atoms with van der Waals surface area (Å²) in [5.74, 6) is 1.22. The van der Waals surface area contributed by atoms with Crippen molar-refractivity contribution in [3.8, 4) is 0 Å². The SMILES string of the molecule is COC[C@H]1CCCN(C(=O)CSc2ccncc2)C1. The van der Waals surface area contributed by atoms with Crippen molar-refractivity contribution in [1.82, 2.24) is 9.88 Å². The quantitative estimate of drug-likeness (QED) is 0.774. The van der Waals surface area contributed by atoms with Crippen LogP contribution in [0.25, 0.3) is 0 Å². The molecule has 0 saturated carbocycles. The summed E-state index contributed by atoms with van der Waals surface area (Å²) in [6.07, 6.45) is 5.75. The molecule has 0 N–H and O–H groups in total. The van der Waals surface area contributed by atoms with Gasteiger partial charge in [0.2, 0.25) is 5.91 Å². The van der Waals surface area contributed by atoms with E-state index >= 15 is 0 Å². The molecule has 1 aromatic heterocycles. The van der Waals surface area contributed by atoms with E-state index in [0.29, 0.717) is 11.7 Å². The van der Waals surface area contributed by atoms with Gasteiger partial charge < -0.3 is 9.64 Å². The molecule has 1 amide bonds. The molecule has 19 heavy (non-hydrogen) atoms. The largest absolute Gasteiger partial charge is 0.384 e. The number of carbonyl (C=O) groups is 1. The first-order valence-electron chi connectivity index (χ1n) is 6.59. The second-order valence-corrected chi connectivity index (χ2v) is 5.82. The van der Waals surface area contributed by atoms with Crippen molar-refractivity contribution >= 4 is 17.7 Å². The van der Waals surface area contributed by atoms with Crippen molar-refractivity contribution in [3.63, 3.8) is 0 Å². The van der Waals surface area contributed by atoms with Crippen molar-refractivity contribution in [2.75, 3.05) is 32.6 Å². The van der Waals surface area contributed by atoms with Gasteiger partial charge in [-0.1, -0.05) is 0 Å². The Kier molecular flexibility index (Phi) is 5.66. The molecule has 1 aliphatic rings. The van der Waals surface area contributed by atoms with Gasteiger partial charge in [-0.15, -0.1) is 11.8 Å². The van der Waals surface area contributed by atoms with E-state index in [1.165, 1.54) is 0 Å². The van der Waals surface area contributed by atoms with Gasteiger partial charge in [0, 0.05) is 37.5 Å². The van der Waals surface area contributed by atoms with Crippen molar-refractivity contribution in [1.29, 1.82) is 0 Å². The summed E-state index contributed by atoms with van der Waals surface area (Å²) < 4.78 is 5.19. The molecule has 0 unspecified atom stereocenters. The molecule has 1 aliphatic heterocycles. The number of piperidine rings is 1. The maximum atomic E-state index is 12.2. The molecule has 0 radical (unpaired) electrons. The number of ether oxygens (including phenoxy) is 1. The number of nitrogens with zero attached hydrogens (tertiary/aromatic N) is 2. The molecular formula is C14H20N2O2S. The molecule has 0 bridgehead atoms. The minimum Gasteiger partial charge on any atom is -0.384 e. The van der Waals surface area contributed by atoms with Gasteiger partial charge in [-0.05, 0) is 30.9 Å². The minimum absolute atomic E-state index is 0.225. The molecule has 1 saturated heterocycles. The van der Waals surface area contributed by atoms with Gasteiger partial charge in [-0.2, -0.15) is 0 Å². The fourth-order valence-electron chi connectivity index (χ4n) is 2.33. The lowest BCUT2D eigenvalue weighted by molar-refractivity contribution is -0.130. The van der Waals surface area contributed by atoms with Crippen LogP contribution < -0.4 is 0 Å². The number of hydrogen-bond donors (Lipinski definition) is 0. The number of likely N-dealkylation sites (tertiary alicyclic amines) is 1. The summed E-state index contributed by atoms with van der Waals surface area (Å²) in [5, 5.41) is 0. The lowest BCUT2D eigenvalue weighted by Crippen LogP contribution is -2.42. The predicted molar refractivity (Wildman–Crippen MR) is 76.1 cm³/mol. The van der Waals surface area contributed by atoms with E-state index in [2.05, 4.69) is 4.98 Å². The molecule has 2 rings (SSSR count). The molecule has 0 spiro atoms. The molecule has 0 aliphatic carbocycles. The summed E-state index contributed by atoms with van der Waals surface area (Å²) in [5.41, 5.74) is 0. The average Bonchev–Trinajstić information content (AvgIpc) is 2.46. The maximum Gasteiger partial charge on any atom is 0.232 e. The Morgan fingerprint density at radius 2 is 2.32 bits per heavy atom. The number of hydrogen-bond acceptors (Lipinski definition) is 4.